The van der Waals surface area contributed by atoms with E-state index >= 15 is 0 Å². The van der Waals surface area contributed by atoms with Crippen LogP contribution in [-0.2, 0) is 9.53 Å². The maximum Gasteiger partial charge on any atom is 0.251 e. The van der Waals surface area contributed by atoms with Crippen LogP contribution in [0.3, 0.4) is 0 Å². The normalized spacial score (nSPS) is 10.5. The molecule has 0 spiro atoms. The first kappa shape index (κ1) is 26.2. The molecule has 2 amide bonds. The quantitative estimate of drug-likeness (QED) is 0.315. The Bertz CT molecular complexity index is 857. The molecule has 7 nitrogen and oxygen atoms in total. The summed E-state index contributed by atoms with van der Waals surface area (Å²) in [5.74, 6) is 0.419. The smallest absolute Gasteiger partial charge is 0.251 e. The summed E-state index contributed by atoms with van der Waals surface area (Å²) in [6.07, 6.45) is 6.70. The van der Waals surface area contributed by atoms with Gasteiger partial charge in [-0.1, -0.05) is 44.7 Å². The first-order valence-corrected chi connectivity index (χ1v) is 11.8. The van der Waals surface area contributed by atoms with E-state index in [1.807, 2.05) is 30.3 Å². The van der Waals surface area contributed by atoms with Crippen LogP contribution in [0.15, 0.2) is 48.5 Å². The van der Waals surface area contributed by atoms with Crippen molar-refractivity contribution in [3.05, 3.63) is 54.1 Å². The molecule has 0 aliphatic rings. The molecule has 3 N–H and O–H groups in total. The Labute approximate surface area is 197 Å². The molecule has 0 saturated heterocycles. The highest BCUT2D eigenvalue weighted by Gasteiger charge is 2.07. The molecule has 0 bridgehead atoms. The molecule has 0 saturated carbocycles. The van der Waals surface area contributed by atoms with Crippen molar-refractivity contribution in [1.82, 2.24) is 5.32 Å². The molecule has 0 radical (unpaired) electrons. The molecule has 2 aromatic carbocycles. The number of hydrogen-bond donors (Lipinski definition) is 3. The Morgan fingerprint density at radius 2 is 1.67 bits per heavy atom. The van der Waals surface area contributed by atoms with Crippen LogP contribution in [0.2, 0.25) is 0 Å². The fourth-order valence-electron chi connectivity index (χ4n) is 3.24. The van der Waals surface area contributed by atoms with Gasteiger partial charge >= 0.3 is 0 Å². The Morgan fingerprint density at radius 3 is 2.48 bits per heavy atom. The van der Waals surface area contributed by atoms with E-state index < -0.39 is 0 Å². The van der Waals surface area contributed by atoms with E-state index in [1.54, 1.807) is 25.3 Å². The minimum Gasteiger partial charge on any atom is -0.494 e. The van der Waals surface area contributed by atoms with Gasteiger partial charge in [0.15, 0.2) is 0 Å². The average Bonchev–Trinajstić information content (AvgIpc) is 2.83. The second kappa shape index (κ2) is 15.7. The first-order chi connectivity index (χ1) is 16.1. The summed E-state index contributed by atoms with van der Waals surface area (Å²) in [4.78, 5) is 24.6. The molecule has 180 valence electrons. The minimum absolute atomic E-state index is 0.0847. The second-order valence-electron chi connectivity index (χ2n) is 7.88. The SMILES string of the molecule is CCCCCCCOc1cccc(NC(=O)CNc2cccc(C(=O)NCCCOC)c2)c1. The molecule has 0 fully saturated rings. The van der Waals surface area contributed by atoms with Crippen LogP contribution in [0.25, 0.3) is 0 Å². The molecule has 0 atom stereocenters. The standard InChI is InChI=1S/C26H37N3O4/c1-3-4-5-6-7-17-33-24-14-9-13-23(19-24)29-25(30)20-28-22-12-8-11-21(18-22)26(31)27-15-10-16-32-2/h8-9,11-14,18-19,28H,3-7,10,15-17,20H2,1-2H3,(H,27,31)(H,29,30). The van der Waals surface area contributed by atoms with E-state index in [4.69, 9.17) is 9.47 Å². The zero-order valence-corrected chi connectivity index (χ0v) is 19.8. The molecule has 0 aromatic heterocycles. The Balaban J connectivity index is 1.76. The third-order valence-corrected chi connectivity index (χ3v) is 5.02. The highest BCUT2D eigenvalue weighted by molar-refractivity contribution is 5.96. The van der Waals surface area contributed by atoms with Crippen LogP contribution in [0.1, 0.15) is 55.8 Å². The lowest BCUT2D eigenvalue weighted by Crippen LogP contribution is -2.25. The monoisotopic (exact) mass is 455 g/mol. The fraction of sp³-hybridized carbons (Fsp3) is 0.462. The van der Waals surface area contributed by atoms with Gasteiger partial charge in [-0.3, -0.25) is 9.59 Å². The molecule has 0 aliphatic heterocycles. The highest BCUT2D eigenvalue weighted by Crippen LogP contribution is 2.18. The largest absolute Gasteiger partial charge is 0.494 e. The van der Waals surface area contributed by atoms with Crippen LogP contribution < -0.4 is 20.7 Å². The summed E-state index contributed by atoms with van der Waals surface area (Å²) in [7, 11) is 1.63. The Morgan fingerprint density at radius 1 is 0.879 bits per heavy atom. The molecule has 0 unspecified atom stereocenters. The summed E-state index contributed by atoms with van der Waals surface area (Å²) in [6.45, 7) is 4.12. The predicted molar refractivity (Wildman–Crippen MR) is 133 cm³/mol. The number of nitrogens with one attached hydrogen (secondary N) is 3. The third-order valence-electron chi connectivity index (χ3n) is 5.02. The van der Waals surface area contributed by atoms with Crippen LogP contribution >= 0.6 is 0 Å². The number of amides is 2. The van der Waals surface area contributed by atoms with Gasteiger partial charge in [0.05, 0.1) is 13.2 Å². The fourth-order valence-corrected chi connectivity index (χ4v) is 3.24. The van der Waals surface area contributed by atoms with E-state index in [9.17, 15) is 9.59 Å². The van der Waals surface area contributed by atoms with Crippen molar-refractivity contribution >= 4 is 23.2 Å². The second-order valence-corrected chi connectivity index (χ2v) is 7.88. The van der Waals surface area contributed by atoms with Gasteiger partial charge in [-0.05, 0) is 43.2 Å². The summed E-state index contributed by atoms with van der Waals surface area (Å²) in [5, 5.41) is 8.79. The summed E-state index contributed by atoms with van der Waals surface area (Å²) in [5.41, 5.74) is 1.93. The average molecular weight is 456 g/mol. The zero-order valence-electron chi connectivity index (χ0n) is 19.8. The summed E-state index contributed by atoms with van der Waals surface area (Å²) in [6, 6.07) is 14.5. The predicted octanol–water partition coefficient (Wildman–Crippen LogP) is 4.85. The molecule has 0 aliphatic carbocycles. The van der Waals surface area contributed by atoms with Gasteiger partial charge in [0.2, 0.25) is 5.91 Å². The van der Waals surface area contributed by atoms with Crippen molar-refractivity contribution in [3.8, 4) is 5.75 Å². The summed E-state index contributed by atoms with van der Waals surface area (Å²) < 4.78 is 10.8. The van der Waals surface area contributed by atoms with Crippen molar-refractivity contribution in [2.75, 3.05) is 44.0 Å². The van der Waals surface area contributed by atoms with Crippen molar-refractivity contribution in [1.29, 1.82) is 0 Å². The van der Waals surface area contributed by atoms with Gasteiger partial charge in [0.25, 0.3) is 5.91 Å². The maximum atomic E-state index is 12.4. The van der Waals surface area contributed by atoms with E-state index in [0.29, 0.717) is 36.7 Å². The number of methoxy groups -OCH3 is 1. The van der Waals surface area contributed by atoms with Crippen LogP contribution in [-0.4, -0.2) is 45.2 Å². The third kappa shape index (κ3) is 10.9. The number of unbranched alkanes of at least 4 members (excludes halogenated alkanes) is 4. The molecule has 2 aromatic rings. The number of anilines is 2. The van der Waals surface area contributed by atoms with Gasteiger partial charge in [0.1, 0.15) is 5.75 Å². The lowest BCUT2D eigenvalue weighted by molar-refractivity contribution is -0.114. The van der Waals surface area contributed by atoms with Gasteiger partial charge in [-0.15, -0.1) is 0 Å². The topological polar surface area (TPSA) is 88.7 Å². The lowest BCUT2D eigenvalue weighted by atomic mass is 10.2. The van der Waals surface area contributed by atoms with Gasteiger partial charge in [-0.25, -0.2) is 0 Å². The molecular formula is C26H37N3O4. The number of carbonyl (C=O) groups excluding carboxylic acids is 2. The number of ether oxygens (including phenoxy) is 2. The molecule has 0 heterocycles. The van der Waals surface area contributed by atoms with Crippen LogP contribution in [0.4, 0.5) is 11.4 Å². The number of carbonyl (C=O) groups is 2. The van der Waals surface area contributed by atoms with E-state index in [0.717, 1.165) is 18.6 Å². The highest BCUT2D eigenvalue weighted by atomic mass is 16.5. The van der Waals surface area contributed by atoms with Crippen molar-refractivity contribution < 1.29 is 19.1 Å². The van der Waals surface area contributed by atoms with Gasteiger partial charge in [0, 0.05) is 43.3 Å². The Hall–Kier alpha value is -3.06. The van der Waals surface area contributed by atoms with Crippen LogP contribution in [0.5, 0.6) is 5.75 Å². The van der Waals surface area contributed by atoms with Crippen molar-refractivity contribution in [3.63, 3.8) is 0 Å². The van der Waals surface area contributed by atoms with E-state index in [2.05, 4.69) is 22.9 Å². The number of hydrogen-bond acceptors (Lipinski definition) is 5. The number of benzene rings is 2. The minimum atomic E-state index is -0.180. The van der Waals surface area contributed by atoms with Gasteiger partial charge < -0.3 is 25.4 Å². The Kier molecular flexibility index (Phi) is 12.5. The number of rotatable bonds is 16. The van der Waals surface area contributed by atoms with Crippen molar-refractivity contribution in [2.24, 2.45) is 0 Å². The maximum absolute atomic E-state index is 12.4. The molecular weight excluding hydrogens is 418 g/mol. The molecule has 7 heteroatoms. The van der Waals surface area contributed by atoms with Crippen molar-refractivity contribution in [2.45, 2.75) is 45.4 Å². The summed E-state index contributed by atoms with van der Waals surface area (Å²) >= 11 is 0. The molecule has 33 heavy (non-hydrogen) atoms. The van der Waals surface area contributed by atoms with E-state index in [-0.39, 0.29) is 18.4 Å². The lowest BCUT2D eigenvalue weighted by Gasteiger charge is -2.11. The zero-order chi connectivity index (χ0) is 23.7. The van der Waals surface area contributed by atoms with Gasteiger partial charge in [-0.2, -0.15) is 0 Å². The first-order valence-electron chi connectivity index (χ1n) is 11.8. The van der Waals surface area contributed by atoms with E-state index in [1.165, 1.54) is 25.7 Å². The molecule has 2 rings (SSSR count). The van der Waals surface area contributed by atoms with Crippen LogP contribution in [0, 0.1) is 0 Å².